The van der Waals surface area contributed by atoms with Gasteiger partial charge in [0.15, 0.2) is 0 Å². The van der Waals surface area contributed by atoms with Crippen molar-refractivity contribution in [3.63, 3.8) is 0 Å². The Balaban J connectivity index is 2.35. The Morgan fingerprint density at radius 2 is 1.94 bits per heavy atom. The fourth-order valence-corrected chi connectivity index (χ4v) is 1.94. The fraction of sp³-hybridized carbons (Fsp3) is 0.286. The van der Waals surface area contributed by atoms with Gasteiger partial charge in [-0.1, -0.05) is 5.92 Å². The lowest BCUT2D eigenvalue weighted by Crippen LogP contribution is -2.31. The van der Waals surface area contributed by atoms with E-state index in [4.69, 9.17) is 5.11 Å². The first-order valence-corrected chi connectivity index (χ1v) is 5.73. The molecule has 0 atom stereocenters. The van der Waals surface area contributed by atoms with Gasteiger partial charge < -0.3 is 5.11 Å². The van der Waals surface area contributed by atoms with Crippen LogP contribution < -0.4 is 0 Å². The summed E-state index contributed by atoms with van der Waals surface area (Å²) in [6.07, 6.45) is 0.396. The summed E-state index contributed by atoms with van der Waals surface area (Å²) in [6.45, 7) is 1.92. The standard InChI is InChI=1S/C14H13NO3/c1-2-4-10-5-6-11-12(9-10)14(18)15(13(11)17)7-3-8-16/h5-6,9,16H,3,7-8H2,1H3. The van der Waals surface area contributed by atoms with E-state index in [1.165, 1.54) is 4.90 Å². The summed E-state index contributed by atoms with van der Waals surface area (Å²) in [5.74, 6) is 5.02. The van der Waals surface area contributed by atoms with E-state index in [1.54, 1.807) is 25.1 Å². The monoisotopic (exact) mass is 243 g/mol. The molecule has 0 aromatic heterocycles. The van der Waals surface area contributed by atoms with Crippen molar-refractivity contribution in [3.05, 3.63) is 34.9 Å². The molecule has 0 saturated carbocycles. The number of fused-ring (bicyclic) bond motifs is 1. The van der Waals surface area contributed by atoms with Crippen molar-refractivity contribution in [3.8, 4) is 11.8 Å². The van der Waals surface area contributed by atoms with E-state index in [1.807, 2.05) is 0 Å². The van der Waals surface area contributed by atoms with Crippen molar-refractivity contribution >= 4 is 11.8 Å². The Morgan fingerprint density at radius 1 is 1.22 bits per heavy atom. The zero-order valence-corrected chi connectivity index (χ0v) is 10.1. The lowest BCUT2D eigenvalue weighted by Gasteiger charge is -2.11. The van der Waals surface area contributed by atoms with Gasteiger partial charge in [-0.15, -0.1) is 5.92 Å². The first-order valence-electron chi connectivity index (χ1n) is 5.73. The molecule has 1 heterocycles. The zero-order valence-electron chi connectivity index (χ0n) is 10.1. The van der Waals surface area contributed by atoms with E-state index in [2.05, 4.69) is 11.8 Å². The molecular formula is C14H13NO3. The Bertz CT molecular complexity index is 566. The summed E-state index contributed by atoms with van der Waals surface area (Å²) >= 11 is 0. The van der Waals surface area contributed by atoms with Gasteiger partial charge in [0.05, 0.1) is 11.1 Å². The minimum atomic E-state index is -0.303. The summed E-state index contributed by atoms with van der Waals surface area (Å²) in [7, 11) is 0. The quantitative estimate of drug-likeness (QED) is 0.637. The Morgan fingerprint density at radius 3 is 2.61 bits per heavy atom. The van der Waals surface area contributed by atoms with E-state index in [0.29, 0.717) is 17.5 Å². The fourth-order valence-electron chi connectivity index (χ4n) is 1.94. The number of hydrogen-bond acceptors (Lipinski definition) is 3. The lowest BCUT2D eigenvalue weighted by molar-refractivity contribution is 0.0645. The zero-order chi connectivity index (χ0) is 13.1. The third-order valence-electron chi connectivity index (χ3n) is 2.78. The van der Waals surface area contributed by atoms with Crippen LogP contribution in [-0.4, -0.2) is 35.0 Å². The Hall–Kier alpha value is -2.12. The normalized spacial score (nSPS) is 13.3. The van der Waals surface area contributed by atoms with E-state index in [9.17, 15) is 9.59 Å². The molecule has 0 aliphatic carbocycles. The van der Waals surface area contributed by atoms with E-state index < -0.39 is 0 Å². The number of rotatable bonds is 3. The van der Waals surface area contributed by atoms with Gasteiger partial charge in [-0.25, -0.2) is 0 Å². The Labute approximate surface area is 105 Å². The molecular weight excluding hydrogens is 230 g/mol. The lowest BCUT2D eigenvalue weighted by atomic mass is 10.1. The van der Waals surface area contributed by atoms with Gasteiger partial charge in [-0.2, -0.15) is 0 Å². The molecule has 18 heavy (non-hydrogen) atoms. The van der Waals surface area contributed by atoms with Crippen molar-refractivity contribution in [2.75, 3.05) is 13.2 Å². The number of carbonyl (C=O) groups is 2. The van der Waals surface area contributed by atoms with E-state index >= 15 is 0 Å². The Kier molecular flexibility index (Phi) is 3.45. The predicted molar refractivity (Wildman–Crippen MR) is 66.1 cm³/mol. The van der Waals surface area contributed by atoms with Crippen LogP contribution >= 0.6 is 0 Å². The molecule has 1 aliphatic heterocycles. The molecule has 4 heteroatoms. The summed E-state index contributed by atoms with van der Waals surface area (Å²) in [5, 5.41) is 8.76. The van der Waals surface area contributed by atoms with Gasteiger partial charge >= 0.3 is 0 Å². The van der Waals surface area contributed by atoms with Crippen molar-refractivity contribution in [1.82, 2.24) is 4.90 Å². The van der Waals surface area contributed by atoms with E-state index in [0.717, 1.165) is 5.56 Å². The van der Waals surface area contributed by atoms with Crippen LogP contribution in [0.4, 0.5) is 0 Å². The molecule has 1 N–H and O–H groups in total. The van der Waals surface area contributed by atoms with Gasteiger partial charge in [0.2, 0.25) is 0 Å². The van der Waals surface area contributed by atoms with Crippen LogP contribution in [0.15, 0.2) is 18.2 Å². The maximum absolute atomic E-state index is 12.0. The number of hydrogen-bond donors (Lipinski definition) is 1. The second-order valence-electron chi connectivity index (χ2n) is 3.97. The molecule has 1 aromatic rings. The largest absolute Gasteiger partial charge is 0.396 e. The molecule has 0 saturated heterocycles. The predicted octanol–water partition coefficient (Wildman–Crippen LogP) is 1.04. The number of imide groups is 1. The van der Waals surface area contributed by atoms with E-state index in [-0.39, 0.29) is 25.0 Å². The molecule has 0 unspecified atom stereocenters. The number of carbonyl (C=O) groups excluding carboxylic acids is 2. The molecule has 0 bridgehead atoms. The smallest absolute Gasteiger partial charge is 0.261 e. The van der Waals surface area contributed by atoms with Crippen LogP contribution in [0.3, 0.4) is 0 Å². The van der Waals surface area contributed by atoms with Crippen molar-refractivity contribution in [1.29, 1.82) is 0 Å². The van der Waals surface area contributed by atoms with Gasteiger partial charge in [0.25, 0.3) is 11.8 Å². The van der Waals surface area contributed by atoms with Crippen LogP contribution in [0, 0.1) is 11.8 Å². The van der Waals surface area contributed by atoms with Crippen LogP contribution in [0.5, 0.6) is 0 Å². The van der Waals surface area contributed by atoms with Gasteiger partial charge in [0, 0.05) is 18.7 Å². The minimum Gasteiger partial charge on any atom is -0.396 e. The van der Waals surface area contributed by atoms with Crippen LogP contribution in [0.1, 0.15) is 39.6 Å². The number of amides is 2. The molecule has 0 radical (unpaired) electrons. The molecule has 92 valence electrons. The maximum Gasteiger partial charge on any atom is 0.261 e. The number of benzene rings is 1. The summed E-state index contributed by atoms with van der Waals surface area (Å²) < 4.78 is 0. The SMILES string of the molecule is CC#Cc1ccc2c(c1)C(=O)N(CCCO)C2=O. The molecule has 4 nitrogen and oxygen atoms in total. The van der Waals surface area contributed by atoms with Crippen molar-refractivity contribution in [2.24, 2.45) is 0 Å². The van der Waals surface area contributed by atoms with Crippen molar-refractivity contribution < 1.29 is 14.7 Å². The average Bonchev–Trinajstić information content (AvgIpc) is 2.60. The number of aliphatic hydroxyl groups excluding tert-OH is 1. The van der Waals surface area contributed by atoms with Crippen molar-refractivity contribution in [2.45, 2.75) is 13.3 Å². The third-order valence-corrected chi connectivity index (χ3v) is 2.78. The molecule has 2 amide bonds. The highest BCUT2D eigenvalue weighted by Crippen LogP contribution is 2.23. The van der Waals surface area contributed by atoms with Crippen LogP contribution in [0.2, 0.25) is 0 Å². The summed E-state index contributed by atoms with van der Waals surface area (Å²) in [6, 6.07) is 5.01. The van der Waals surface area contributed by atoms with Gasteiger partial charge in [-0.3, -0.25) is 14.5 Å². The highest BCUT2D eigenvalue weighted by Gasteiger charge is 2.34. The first-order chi connectivity index (χ1) is 8.69. The summed E-state index contributed by atoms with van der Waals surface area (Å²) in [5.41, 5.74) is 1.54. The first kappa shape index (κ1) is 12.3. The molecule has 2 rings (SSSR count). The second-order valence-corrected chi connectivity index (χ2v) is 3.97. The summed E-state index contributed by atoms with van der Waals surface area (Å²) in [4.78, 5) is 25.2. The molecule has 1 aromatic carbocycles. The third kappa shape index (κ3) is 2.01. The minimum absolute atomic E-state index is 0.0417. The van der Waals surface area contributed by atoms with Crippen LogP contribution in [-0.2, 0) is 0 Å². The number of nitrogens with zero attached hydrogens (tertiary/aromatic N) is 1. The van der Waals surface area contributed by atoms with Gasteiger partial charge in [-0.05, 0) is 31.5 Å². The second kappa shape index (κ2) is 5.03. The highest BCUT2D eigenvalue weighted by molar-refractivity contribution is 6.21. The highest BCUT2D eigenvalue weighted by atomic mass is 16.3. The molecule has 1 aliphatic rings. The number of aliphatic hydroxyl groups is 1. The topological polar surface area (TPSA) is 57.6 Å². The average molecular weight is 243 g/mol. The maximum atomic E-state index is 12.0. The van der Waals surface area contributed by atoms with Gasteiger partial charge in [0.1, 0.15) is 0 Å². The molecule has 0 fully saturated rings. The van der Waals surface area contributed by atoms with Crippen LogP contribution in [0.25, 0.3) is 0 Å². The molecule has 0 spiro atoms.